The monoisotopic (exact) mass is 268 g/mol. The van der Waals surface area contributed by atoms with Gasteiger partial charge in [-0.05, 0) is 25.0 Å². The molecule has 1 saturated heterocycles. The Labute approximate surface area is 111 Å². The summed E-state index contributed by atoms with van der Waals surface area (Å²) in [4.78, 5) is 10.5. The van der Waals surface area contributed by atoms with Crippen LogP contribution in [0.15, 0.2) is 24.3 Å². The van der Waals surface area contributed by atoms with E-state index in [4.69, 9.17) is 14.6 Å². The van der Waals surface area contributed by atoms with Gasteiger partial charge in [0.15, 0.2) is 5.79 Å². The summed E-state index contributed by atoms with van der Waals surface area (Å²) < 4.78 is 24.8. The largest absolute Gasteiger partial charge is 0.481 e. The third-order valence-electron chi connectivity index (χ3n) is 3.14. The van der Waals surface area contributed by atoms with Gasteiger partial charge in [-0.3, -0.25) is 4.79 Å². The molecule has 19 heavy (non-hydrogen) atoms. The van der Waals surface area contributed by atoms with Crippen LogP contribution in [-0.2, 0) is 20.7 Å². The fourth-order valence-electron chi connectivity index (χ4n) is 2.20. The van der Waals surface area contributed by atoms with E-state index in [1.165, 1.54) is 6.07 Å². The molecule has 4 nitrogen and oxygen atoms in total. The molecule has 0 amide bonds. The highest BCUT2D eigenvalue weighted by molar-refractivity contribution is 5.66. The van der Waals surface area contributed by atoms with Crippen LogP contribution in [0.3, 0.4) is 0 Å². The molecular formula is C14H17FO4. The summed E-state index contributed by atoms with van der Waals surface area (Å²) >= 11 is 0. The molecule has 1 aromatic rings. The average Bonchev–Trinajstić information content (AvgIpc) is 2.72. The zero-order chi connectivity index (χ0) is 13.9. The van der Waals surface area contributed by atoms with Crippen molar-refractivity contribution in [3.63, 3.8) is 0 Å². The number of benzene rings is 1. The molecule has 1 fully saturated rings. The van der Waals surface area contributed by atoms with Crippen molar-refractivity contribution in [2.45, 2.75) is 38.1 Å². The maximum Gasteiger partial charge on any atom is 0.303 e. The lowest BCUT2D eigenvalue weighted by Gasteiger charge is -2.23. The van der Waals surface area contributed by atoms with Crippen molar-refractivity contribution in [3.05, 3.63) is 35.6 Å². The topological polar surface area (TPSA) is 55.8 Å². The lowest BCUT2D eigenvalue weighted by Crippen LogP contribution is -2.30. The lowest BCUT2D eigenvalue weighted by atomic mass is 10.1. The van der Waals surface area contributed by atoms with Crippen LogP contribution in [0.5, 0.6) is 0 Å². The van der Waals surface area contributed by atoms with Gasteiger partial charge in [-0.25, -0.2) is 4.39 Å². The second kappa shape index (κ2) is 5.67. The summed E-state index contributed by atoms with van der Waals surface area (Å²) in [6, 6.07) is 6.49. The Morgan fingerprint density at radius 1 is 1.53 bits per heavy atom. The maximum absolute atomic E-state index is 13.6. The van der Waals surface area contributed by atoms with Crippen LogP contribution in [0.4, 0.5) is 4.39 Å². The predicted octanol–water partition coefficient (Wildman–Crippen LogP) is 2.36. The van der Waals surface area contributed by atoms with E-state index < -0.39 is 11.8 Å². The summed E-state index contributed by atoms with van der Waals surface area (Å²) in [5.41, 5.74) is 0.531. The molecule has 2 rings (SSSR count). The minimum atomic E-state index is -0.884. The number of ether oxygens (including phenoxy) is 2. The van der Waals surface area contributed by atoms with E-state index in [2.05, 4.69) is 0 Å². The fourth-order valence-corrected chi connectivity index (χ4v) is 2.20. The number of halogens is 1. The number of hydrogen-bond acceptors (Lipinski definition) is 3. The van der Waals surface area contributed by atoms with E-state index in [0.717, 1.165) is 0 Å². The summed E-state index contributed by atoms with van der Waals surface area (Å²) in [6.07, 6.45) is 0.516. The summed E-state index contributed by atoms with van der Waals surface area (Å²) in [5.74, 6) is -2.03. The molecule has 1 N–H and O–H groups in total. The van der Waals surface area contributed by atoms with Crippen LogP contribution >= 0.6 is 0 Å². The Kier molecular flexibility index (Phi) is 4.17. The summed E-state index contributed by atoms with van der Waals surface area (Å²) in [6.45, 7) is 2.10. The van der Waals surface area contributed by atoms with E-state index in [-0.39, 0.29) is 18.3 Å². The van der Waals surface area contributed by atoms with Crippen LogP contribution in [-0.4, -0.2) is 29.6 Å². The smallest absolute Gasteiger partial charge is 0.303 e. The fraction of sp³-hybridized carbons (Fsp3) is 0.500. The number of carbonyl (C=O) groups is 1. The van der Waals surface area contributed by atoms with Crippen molar-refractivity contribution in [2.24, 2.45) is 0 Å². The van der Waals surface area contributed by atoms with Gasteiger partial charge in [0.2, 0.25) is 0 Å². The molecule has 0 spiro atoms. The van der Waals surface area contributed by atoms with Gasteiger partial charge in [0.05, 0.1) is 12.7 Å². The molecule has 0 aromatic heterocycles. The Morgan fingerprint density at radius 2 is 2.26 bits per heavy atom. The average molecular weight is 268 g/mol. The number of carboxylic acids is 1. The van der Waals surface area contributed by atoms with Gasteiger partial charge in [0.25, 0.3) is 0 Å². The molecule has 2 atom stereocenters. The molecule has 1 aliphatic rings. The Bertz CT molecular complexity index is 463. The first-order chi connectivity index (χ1) is 8.98. The highest BCUT2D eigenvalue weighted by Gasteiger charge is 2.37. The molecule has 0 radical (unpaired) electrons. The third kappa shape index (κ3) is 3.75. The molecule has 0 bridgehead atoms. The summed E-state index contributed by atoms with van der Waals surface area (Å²) in [7, 11) is 0. The van der Waals surface area contributed by atoms with Gasteiger partial charge < -0.3 is 14.6 Å². The van der Waals surface area contributed by atoms with Crippen molar-refractivity contribution in [2.75, 3.05) is 6.61 Å². The lowest BCUT2D eigenvalue weighted by molar-refractivity contribution is -0.155. The third-order valence-corrected chi connectivity index (χ3v) is 3.14. The molecule has 1 aliphatic heterocycles. The first-order valence-electron chi connectivity index (χ1n) is 6.25. The van der Waals surface area contributed by atoms with Crippen molar-refractivity contribution in [1.29, 1.82) is 0 Å². The second-order valence-electron chi connectivity index (χ2n) is 4.89. The number of carboxylic acid groups (broad SMARTS) is 1. The highest BCUT2D eigenvalue weighted by atomic mass is 19.1. The van der Waals surface area contributed by atoms with Crippen molar-refractivity contribution < 1.29 is 23.8 Å². The predicted molar refractivity (Wildman–Crippen MR) is 66.2 cm³/mol. The molecule has 1 aromatic carbocycles. The van der Waals surface area contributed by atoms with Crippen LogP contribution in [0, 0.1) is 5.82 Å². The molecule has 2 unspecified atom stereocenters. The zero-order valence-electron chi connectivity index (χ0n) is 10.8. The second-order valence-corrected chi connectivity index (χ2v) is 4.89. The Morgan fingerprint density at radius 3 is 2.95 bits per heavy atom. The van der Waals surface area contributed by atoms with Crippen molar-refractivity contribution in [3.8, 4) is 0 Å². The van der Waals surface area contributed by atoms with Crippen LogP contribution in [0.2, 0.25) is 0 Å². The van der Waals surface area contributed by atoms with Gasteiger partial charge in [-0.2, -0.15) is 0 Å². The Balaban J connectivity index is 1.94. The van der Waals surface area contributed by atoms with Crippen LogP contribution < -0.4 is 0 Å². The minimum absolute atomic E-state index is 0.0454. The van der Waals surface area contributed by atoms with E-state index in [9.17, 15) is 9.18 Å². The number of hydrogen-bond donors (Lipinski definition) is 1. The first kappa shape index (κ1) is 14.0. The van der Waals surface area contributed by atoms with Gasteiger partial charge in [-0.1, -0.05) is 18.2 Å². The SMILES string of the molecule is CC1(Cc2ccccc2F)OCC(CCC(=O)O)O1. The minimum Gasteiger partial charge on any atom is -0.481 e. The number of rotatable bonds is 5. The molecule has 5 heteroatoms. The number of aliphatic carboxylic acids is 1. The van der Waals surface area contributed by atoms with Crippen molar-refractivity contribution >= 4 is 5.97 Å². The molecule has 104 valence electrons. The zero-order valence-corrected chi connectivity index (χ0v) is 10.8. The van der Waals surface area contributed by atoms with E-state index in [1.54, 1.807) is 25.1 Å². The van der Waals surface area contributed by atoms with Gasteiger partial charge in [0, 0.05) is 12.8 Å². The van der Waals surface area contributed by atoms with Gasteiger partial charge in [-0.15, -0.1) is 0 Å². The summed E-state index contributed by atoms with van der Waals surface area (Å²) in [5, 5.41) is 8.63. The van der Waals surface area contributed by atoms with E-state index in [1.807, 2.05) is 0 Å². The normalized spacial score (nSPS) is 26.5. The molecular weight excluding hydrogens is 251 g/mol. The first-order valence-corrected chi connectivity index (χ1v) is 6.25. The van der Waals surface area contributed by atoms with E-state index in [0.29, 0.717) is 25.0 Å². The van der Waals surface area contributed by atoms with Gasteiger partial charge in [0.1, 0.15) is 5.82 Å². The molecule has 0 saturated carbocycles. The van der Waals surface area contributed by atoms with Crippen molar-refractivity contribution in [1.82, 2.24) is 0 Å². The van der Waals surface area contributed by atoms with Crippen LogP contribution in [0.1, 0.15) is 25.3 Å². The quantitative estimate of drug-likeness (QED) is 0.890. The Hall–Kier alpha value is -1.46. The van der Waals surface area contributed by atoms with E-state index >= 15 is 0 Å². The van der Waals surface area contributed by atoms with Gasteiger partial charge >= 0.3 is 5.97 Å². The highest BCUT2D eigenvalue weighted by Crippen LogP contribution is 2.29. The maximum atomic E-state index is 13.6. The standard InChI is InChI=1S/C14H17FO4/c1-14(8-10-4-2-3-5-12(10)15)18-9-11(19-14)6-7-13(16)17/h2-5,11H,6-9H2,1H3,(H,16,17). The van der Waals surface area contributed by atoms with Crippen LogP contribution in [0.25, 0.3) is 0 Å². The molecule has 0 aliphatic carbocycles. The molecule has 1 heterocycles.